The summed E-state index contributed by atoms with van der Waals surface area (Å²) in [6.07, 6.45) is -5.38. The third-order valence-electron chi connectivity index (χ3n) is 8.13. The van der Waals surface area contributed by atoms with E-state index in [4.69, 9.17) is 13.8 Å². The molecule has 3 aromatic rings. The molecule has 2 aliphatic rings. The number of carbonyl (C=O) groups is 1. The first-order chi connectivity index (χ1) is 22.3. The number of aromatic nitrogens is 2. The minimum Gasteiger partial charge on any atom is -0.495 e. The number of nitrogens with zero attached hydrogens (tertiary/aromatic N) is 3. The molecule has 2 heterocycles. The Morgan fingerprint density at radius 3 is 2.32 bits per heavy atom. The zero-order valence-corrected chi connectivity index (χ0v) is 27.2. The highest BCUT2D eigenvalue weighted by atomic mass is 31.2. The molecule has 1 aliphatic carbocycles. The van der Waals surface area contributed by atoms with Crippen LogP contribution < -0.4 is 15.4 Å². The van der Waals surface area contributed by atoms with Gasteiger partial charge in [0.1, 0.15) is 17.1 Å². The summed E-state index contributed by atoms with van der Waals surface area (Å²) in [4.78, 5) is 22.7. The van der Waals surface area contributed by atoms with Crippen LogP contribution in [0.3, 0.4) is 0 Å². The van der Waals surface area contributed by atoms with Gasteiger partial charge in [0.05, 0.1) is 55.6 Å². The van der Waals surface area contributed by atoms with Gasteiger partial charge in [-0.05, 0) is 67.5 Å². The monoisotopic (exact) mass is 679 g/mol. The molecular formula is C31H37F3N5O7P. The zero-order valence-electron chi connectivity index (χ0n) is 26.3. The van der Waals surface area contributed by atoms with E-state index in [1.807, 2.05) is 0 Å². The highest BCUT2D eigenvalue weighted by molar-refractivity contribution is 7.53. The summed E-state index contributed by atoms with van der Waals surface area (Å²) < 4.78 is 71.7. The average molecular weight is 680 g/mol. The van der Waals surface area contributed by atoms with Gasteiger partial charge < -0.3 is 39.5 Å². The van der Waals surface area contributed by atoms with Gasteiger partial charge in [-0.1, -0.05) is 12.1 Å². The van der Waals surface area contributed by atoms with Crippen LogP contribution >= 0.6 is 7.60 Å². The fourth-order valence-corrected chi connectivity index (χ4v) is 7.68. The molecule has 0 spiro atoms. The standard InChI is InChI=1S/C31H37F3N5O7P/c1-5-45-47(43,46-6-2)16-17-7-9-22(26(11-17)44-4)37-30-35-14-21(31(32,33)34)28(38-30)36-23-10-8-19(18-12-24(40)25(41)13-18)20-15-39(3)29(42)27(20)23/h7-11,14,18,24-25,40-41H,5-6,12-13,15-16H2,1-4H3,(H2,35,36,37,38). The molecule has 0 saturated heterocycles. The lowest BCUT2D eigenvalue weighted by atomic mass is 9.90. The molecule has 1 aromatic heterocycles. The van der Waals surface area contributed by atoms with E-state index < -0.39 is 37.4 Å². The van der Waals surface area contributed by atoms with E-state index >= 15 is 0 Å². The summed E-state index contributed by atoms with van der Waals surface area (Å²) in [6, 6.07) is 8.06. The van der Waals surface area contributed by atoms with Crippen molar-refractivity contribution >= 4 is 36.6 Å². The quantitative estimate of drug-likeness (QED) is 0.168. The van der Waals surface area contributed by atoms with Crippen molar-refractivity contribution in [1.29, 1.82) is 0 Å². The smallest absolute Gasteiger partial charge is 0.421 e. The van der Waals surface area contributed by atoms with Gasteiger partial charge in [-0.15, -0.1) is 0 Å². The van der Waals surface area contributed by atoms with Crippen molar-refractivity contribution in [2.45, 2.75) is 63.7 Å². The topological polar surface area (TPSA) is 155 Å². The predicted octanol–water partition coefficient (Wildman–Crippen LogP) is 5.94. The number of aliphatic hydroxyl groups is 2. The molecule has 0 bridgehead atoms. The molecule has 2 unspecified atom stereocenters. The summed E-state index contributed by atoms with van der Waals surface area (Å²) >= 11 is 0. The minimum absolute atomic E-state index is 0.0188. The Kier molecular flexibility index (Phi) is 10.1. The SMILES string of the molecule is CCOP(=O)(Cc1ccc(Nc2ncc(C(F)(F)F)c(Nc3ccc(C4CC(O)C(O)C4)c4c3C(=O)N(C)C4)n2)c(OC)c1)OCC. The van der Waals surface area contributed by atoms with Crippen LogP contribution in [-0.4, -0.2) is 70.6 Å². The maximum atomic E-state index is 14.1. The zero-order chi connectivity index (χ0) is 34.1. The van der Waals surface area contributed by atoms with Gasteiger partial charge in [0, 0.05) is 19.8 Å². The van der Waals surface area contributed by atoms with Crippen molar-refractivity contribution in [1.82, 2.24) is 14.9 Å². The minimum atomic E-state index is -4.82. The van der Waals surface area contributed by atoms with Crippen LogP contribution in [0.2, 0.25) is 0 Å². The van der Waals surface area contributed by atoms with Gasteiger partial charge in [-0.2, -0.15) is 18.2 Å². The van der Waals surface area contributed by atoms with E-state index in [0.717, 1.165) is 5.56 Å². The van der Waals surface area contributed by atoms with Crippen molar-refractivity contribution in [2.75, 3.05) is 38.0 Å². The first-order valence-corrected chi connectivity index (χ1v) is 16.8. The Morgan fingerprint density at radius 2 is 1.70 bits per heavy atom. The third kappa shape index (κ3) is 7.39. The van der Waals surface area contributed by atoms with Crippen LogP contribution in [0, 0.1) is 0 Å². The Hall–Kier alpha value is -3.75. The lowest BCUT2D eigenvalue weighted by Crippen LogP contribution is -2.18. The number of ether oxygens (including phenoxy) is 1. The fraction of sp³-hybridized carbons (Fsp3) is 0.452. The number of rotatable bonds is 12. The van der Waals surface area contributed by atoms with Crippen molar-refractivity contribution in [2.24, 2.45) is 0 Å². The average Bonchev–Trinajstić information content (AvgIpc) is 3.50. The number of alkyl halides is 3. The van der Waals surface area contributed by atoms with Gasteiger partial charge in [0.15, 0.2) is 0 Å². The maximum Gasteiger partial charge on any atom is 0.421 e. The Morgan fingerprint density at radius 1 is 1.04 bits per heavy atom. The summed E-state index contributed by atoms with van der Waals surface area (Å²) in [6.45, 7) is 4.04. The van der Waals surface area contributed by atoms with Crippen molar-refractivity contribution in [3.05, 3.63) is 64.3 Å². The van der Waals surface area contributed by atoms with Gasteiger partial charge >= 0.3 is 13.8 Å². The number of hydrogen-bond donors (Lipinski definition) is 4. The van der Waals surface area contributed by atoms with E-state index in [1.54, 1.807) is 45.2 Å². The van der Waals surface area contributed by atoms with Gasteiger partial charge in [0.25, 0.3) is 5.91 Å². The number of fused-ring (bicyclic) bond motifs is 1. The van der Waals surface area contributed by atoms with Gasteiger partial charge in [-0.3, -0.25) is 9.36 Å². The van der Waals surface area contributed by atoms with Gasteiger partial charge in [0.2, 0.25) is 5.95 Å². The van der Waals surface area contributed by atoms with Gasteiger partial charge in [-0.25, -0.2) is 4.98 Å². The molecule has 1 saturated carbocycles. The Bertz CT molecular complexity index is 1670. The number of amides is 1. The van der Waals surface area contributed by atoms with Crippen LogP contribution in [-0.2, 0) is 32.5 Å². The number of benzene rings is 2. The Labute approximate surface area is 269 Å². The number of nitrogens with one attached hydrogen (secondary N) is 2. The van der Waals surface area contributed by atoms with E-state index in [-0.39, 0.29) is 60.7 Å². The summed E-state index contributed by atoms with van der Waals surface area (Å²) in [7, 11) is -0.415. The second-order valence-electron chi connectivity index (χ2n) is 11.4. The van der Waals surface area contributed by atoms with Crippen LogP contribution in [0.15, 0.2) is 36.5 Å². The lowest BCUT2D eigenvalue weighted by molar-refractivity contribution is -0.137. The molecule has 1 aliphatic heterocycles. The number of halogens is 3. The number of hydrogen-bond acceptors (Lipinski definition) is 11. The molecule has 12 nitrogen and oxygen atoms in total. The van der Waals surface area contributed by atoms with Crippen LogP contribution in [0.5, 0.6) is 5.75 Å². The highest BCUT2D eigenvalue weighted by Crippen LogP contribution is 2.52. The lowest BCUT2D eigenvalue weighted by Gasteiger charge is -2.19. The predicted molar refractivity (Wildman–Crippen MR) is 167 cm³/mol. The maximum absolute atomic E-state index is 14.1. The molecule has 16 heteroatoms. The molecular weight excluding hydrogens is 642 g/mol. The molecule has 2 atom stereocenters. The van der Waals surface area contributed by atoms with Crippen molar-refractivity contribution < 1.29 is 46.5 Å². The highest BCUT2D eigenvalue weighted by Gasteiger charge is 2.39. The van der Waals surface area contributed by atoms with Crippen molar-refractivity contribution in [3.63, 3.8) is 0 Å². The molecule has 5 rings (SSSR count). The number of carbonyl (C=O) groups excluding carboxylic acids is 1. The van der Waals surface area contributed by atoms with E-state index in [0.29, 0.717) is 35.9 Å². The Balaban J connectivity index is 1.47. The summed E-state index contributed by atoms with van der Waals surface area (Å²) in [5, 5.41) is 25.8. The molecule has 4 N–H and O–H groups in total. The molecule has 254 valence electrons. The molecule has 0 radical (unpaired) electrons. The molecule has 47 heavy (non-hydrogen) atoms. The number of anilines is 4. The first kappa shape index (κ1) is 34.6. The summed E-state index contributed by atoms with van der Waals surface area (Å²) in [5.41, 5.74) is 1.48. The second-order valence-corrected chi connectivity index (χ2v) is 13.4. The molecule has 2 aromatic carbocycles. The van der Waals surface area contributed by atoms with E-state index in [2.05, 4.69) is 20.6 Å². The van der Waals surface area contributed by atoms with Crippen LogP contribution in [0.1, 0.15) is 65.2 Å². The van der Waals surface area contributed by atoms with Crippen LogP contribution in [0.4, 0.5) is 36.3 Å². The molecule has 1 amide bonds. The van der Waals surface area contributed by atoms with Crippen molar-refractivity contribution in [3.8, 4) is 5.75 Å². The normalized spacial score (nSPS) is 19.6. The third-order valence-corrected chi connectivity index (χ3v) is 10.2. The second kappa shape index (κ2) is 13.8. The largest absolute Gasteiger partial charge is 0.495 e. The van der Waals surface area contributed by atoms with Crippen LogP contribution in [0.25, 0.3) is 0 Å². The first-order valence-electron chi connectivity index (χ1n) is 15.1. The number of aliphatic hydroxyl groups excluding tert-OH is 2. The van der Waals surface area contributed by atoms with E-state index in [9.17, 15) is 32.7 Å². The van der Waals surface area contributed by atoms with E-state index in [1.165, 1.54) is 18.1 Å². The summed E-state index contributed by atoms with van der Waals surface area (Å²) in [5.74, 6) is -1.08. The molecule has 1 fully saturated rings. The number of methoxy groups -OCH3 is 1. The fourth-order valence-electron chi connectivity index (χ4n) is 5.99.